The summed E-state index contributed by atoms with van der Waals surface area (Å²) in [6.45, 7) is 0. The van der Waals surface area contributed by atoms with E-state index in [0.717, 1.165) is 10.5 Å². The average molecular weight is 114 g/mol. The number of hydrogen-bond donors (Lipinski definition) is 0. The standard InChI is InChI=1S/C5H10OSi/c7-6-5-3-1-2-4-5/h3H,1-2,4H2,7H3. The highest BCUT2D eigenvalue weighted by Gasteiger charge is 2.00. The first kappa shape index (κ1) is 4.90. The Morgan fingerprint density at radius 2 is 2.57 bits per heavy atom. The highest BCUT2D eigenvalue weighted by atomic mass is 28.2. The van der Waals surface area contributed by atoms with Gasteiger partial charge >= 0.3 is 0 Å². The molecule has 0 aromatic carbocycles. The maximum absolute atomic E-state index is 5.11. The first-order valence-electron chi connectivity index (χ1n) is 2.66. The normalized spacial score (nSPS) is 19.7. The fraction of sp³-hybridized carbons (Fsp3) is 0.600. The van der Waals surface area contributed by atoms with Gasteiger partial charge in [0.2, 0.25) is 10.5 Å². The molecule has 0 bridgehead atoms. The minimum atomic E-state index is 0.863. The maximum atomic E-state index is 5.11. The molecule has 0 amide bonds. The molecule has 0 saturated carbocycles. The van der Waals surface area contributed by atoms with Crippen molar-refractivity contribution < 1.29 is 4.43 Å². The van der Waals surface area contributed by atoms with Crippen LogP contribution in [0.1, 0.15) is 19.3 Å². The second kappa shape index (κ2) is 2.16. The van der Waals surface area contributed by atoms with Crippen LogP contribution in [0.15, 0.2) is 11.8 Å². The Kier molecular flexibility index (Phi) is 1.52. The molecule has 1 aliphatic carbocycles. The van der Waals surface area contributed by atoms with Crippen LogP contribution in [0.25, 0.3) is 0 Å². The van der Waals surface area contributed by atoms with Crippen molar-refractivity contribution in [1.29, 1.82) is 0 Å². The minimum absolute atomic E-state index is 0.863. The van der Waals surface area contributed by atoms with E-state index in [-0.39, 0.29) is 0 Å². The summed E-state index contributed by atoms with van der Waals surface area (Å²) < 4.78 is 5.11. The molecule has 0 unspecified atom stereocenters. The lowest BCUT2D eigenvalue weighted by Gasteiger charge is -1.95. The van der Waals surface area contributed by atoms with Gasteiger partial charge in [-0.05, 0) is 18.9 Å². The largest absolute Gasteiger partial charge is 0.556 e. The molecule has 1 rings (SSSR count). The van der Waals surface area contributed by atoms with Gasteiger partial charge in [-0.15, -0.1) is 0 Å². The quantitative estimate of drug-likeness (QED) is 0.447. The molecular weight excluding hydrogens is 104 g/mol. The maximum Gasteiger partial charge on any atom is 0.203 e. The van der Waals surface area contributed by atoms with E-state index in [2.05, 4.69) is 6.08 Å². The van der Waals surface area contributed by atoms with E-state index in [4.69, 9.17) is 4.43 Å². The van der Waals surface area contributed by atoms with E-state index in [1.54, 1.807) is 0 Å². The summed E-state index contributed by atoms with van der Waals surface area (Å²) >= 11 is 0. The molecule has 2 heteroatoms. The van der Waals surface area contributed by atoms with Gasteiger partial charge in [0.05, 0.1) is 5.76 Å². The Labute approximate surface area is 46.9 Å². The van der Waals surface area contributed by atoms with Crippen LogP contribution in [0.5, 0.6) is 0 Å². The molecule has 0 fully saturated rings. The van der Waals surface area contributed by atoms with E-state index in [1.165, 1.54) is 25.0 Å². The summed E-state index contributed by atoms with van der Waals surface area (Å²) in [5.41, 5.74) is 0. The highest BCUT2D eigenvalue weighted by Crippen LogP contribution is 2.16. The lowest BCUT2D eigenvalue weighted by atomic mass is 10.4. The van der Waals surface area contributed by atoms with E-state index in [1.807, 2.05) is 0 Å². The summed E-state index contributed by atoms with van der Waals surface area (Å²) in [6.07, 6.45) is 5.91. The summed E-state index contributed by atoms with van der Waals surface area (Å²) in [4.78, 5) is 0. The Hall–Kier alpha value is -0.243. The van der Waals surface area contributed by atoms with Crippen LogP contribution < -0.4 is 0 Å². The molecule has 0 spiro atoms. The van der Waals surface area contributed by atoms with Crippen molar-refractivity contribution in [2.24, 2.45) is 0 Å². The summed E-state index contributed by atoms with van der Waals surface area (Å²) in [6, 6.07) is 0. The highest BCUT2D eigenvalue weighted by molar-refractivity contribution is 5.98. The second-order valence-electron chi connectivity index (χ2n) is 1.77. The molecule has 0 atom stereocenters. The predicted molar refractivity (Wildman–Crippen MR) is 33.0 cm³/mol. The van der Waals surface area contributed by atoms with Gasteiger partial charge in [-0.1, -0.05) is 0 Å². The average Bonchev–Trinajstić information content (AvgIpc) is 2.14. The van der Waals surface area contributed by atoms with Crippen molar-refractivity contribution in [2.45, 2.75) is 19.3 Å². The van der Waals surface area contributed by atoms with Crippen LogP contribution in [0, 0.1) is 0 Å². The molecule has 1 aliphatic rings. The van der Waals surface area contributed by atoms with Crippen LogP contribution in [-0.4, -0.2) is 10.5 Å². The fourth-order valence-corrected chi connectivity index (χ4v) is 1.20. The number of hydrogen-bond acceptors (Lipinski definition) is 1. The van der Waals surface area contributed by atoms with Crippen molar-refractivity contribution in [2.75, 3.05) is 0 Å². The van der Waals surface area contributed by atoms with Gasteiger partial charge in [0.25, 0.3) is 0 Å². The Bertz CT molecular complexity index is 88.1. The Balaban J connectivity index is 2.36. The van der Waals surface area contributed by atoms with E-state index in [0.29, 0.717) is 0 Å². The molecule has 0 aliphatic heterocycles. The third-order valence-electron chi connectivity index (χ3n) is 1.26. The van der Waals surface area contributed by atoms with Gasteiger partial charge in [0.15, 0.2) is 0 Å². The molecule has 0 aromatic rings. The van der Waals surface area contributed by atoms with Crippen molar-refractivity contribution >= 4 is 10.5 Å². The van der Waals surface area contributed by atoms with Crippen LogP contribution in [-0.2, 0) is 4.43 Å². The van der Waals surface area contributed by atoms with Gasteiger partial charge in [-0.25, -0.2) is 0 Å². The smallest absolute Gasteiger partial charge is 0.203 e. The molecular formula is C5H10OSi. The number of rotatable bonds is 1. The SMILES string of the molecule is [SiH3]OC1=CCCC1. The summed E-state index contributed by atoms with van der Waals surface area (Å²) in [7, 11) is 0.863. The molecule has 0 heterocycles. The number of allylic oxidation sites excluding steroid dienone is 2. The molecule has 40 valence electrons. The van der Waals surface area contributed by atoms with Crippen LogP contribution in [0.4, 0.5) is 0 Å². The molecule has 7 heavy (non-hydrogen) atoms. The van der Waals surface area contributed by atoms with Crippen molar-refractivity contribution in [3.05, 3.63) is 11.8 Å². The zero-order valence-corrected chi connectivity index (χ0v) is 6.61. The predicted octanol–water partition coefficient (Wildman–Crippen LogP) is 0.351. The molecule has 0 saturated heterocycles. The van der Waals surface area contributed by atoms with Gasteiger partial charge in [0.1, 0.15) is 0 Å². The molecule has 0 aromatic heterocycles. The molecule has 0 N–H and O–H groups in total. The first-order chi connectivity index (χ1) is 3.43. The third kappa shape index (κ3) is 1.06. The molecule has 1 nitrogen and oxygen atoms in total. The second-order valence-corrected chi connectivity index (χ2v) is 2.18. The van der Waals surface area contributed by atoms with Crippen molar-refractivity contribution in [3.8, 4) is 0 Å². The first-order valence-corrected chi connectivity index (χ1v) is 3.48. The Morgan fingerprint density at radius 1 is 1.71 bits per heavy atom. The third-order valence-corrected chi connectivity index (χ3v) is 1.79. The topological polar surface area (TPSA) is 9.23 Å². The summed E-state index contributed by atoms with van der Waals surface area (Å²) in [5.74, 6) is 1.23. The zero-order valence-electron chi connectivity index (χ0n) is 4.61. The van der Waals surface area contributed by atoms with Crippen LogP contribution >= 0.6 is 0 Å². The summed E-state index contributed by atoms with van der Waals surface area (Å²) in [5, 5.41) is 0. The van der Waals surface area contributed by atoms with Gasteiger partial charge in [-0.3, -0.25) is 0 Å². The van der Waals surface area contributed by atoms with Crippen molar-refractivity contribution in [1.82, 2.24) is 0 Å². The molecule has 0 radical (unpaired) electrons. The van der Waals surface area contributed by atoms with Crippen molar-refractivity contribution in [3.63, 3.8) is 0 Å². The minimum Gasteiger partial charge on any atom is -0.556 e. The van der Waals surface area contributed by atoms with E-state index >= 15 is 0 Å². The van der Waals surface area contributed by atoms with Gasteiger partial charge < -0.3 is 4.43 Å². The Morgan fingerprint density at radius 3 is 2.86 bits per heavy atom. The van der Waals surface area contributed by atoms with Crippen LogP contribution in [0.2, 0.25) is 0 Å². The lowest BCUT2D eigenvalue weighted by molar-refractivity contribution is 0.453. The van der Waals surface area contributed by atoms with E-state index < -0.39 is 0 Å². The lowest BCUT2D eigenvalue weighted by Crippen LogP contribution is -1.79. The van der Waals surface area contributed by atoms with Crippen LogP contribution in [0.3, 0.4) is 0 Å². The fourth-order valence-electron chi connectivity index (χ4n) is 0.827. The van der Waals surface area contributed by atoms with Gasteiger partial charge in [-0.2, -0.15) is 0 Å². The monoisotopic (exact) mass is 114 g/mol. The zero-order chi connectivity index (χ0) is 5.11. The van der Waals surface area contributed by atoms with E-state index in [9.17, 15) is 0 Å². The van der Waals surface area contributed by atoms with Gasteiger partial charge in [0, 0.05) is 6.42 Å².